The van der Waals surface area contributed by atoms with Crippen molar-refractivity contribution in [3.8, 4) is 0 Å². The molecule has 0 bridgehead atoms. The lowest BCUT2D eigenvalue weighted by Crippen LogP contribution is -2.15. The van der Waals surface area contributed by atoms with E-state index in [1.165, 1.54) is 42.5 Å². The van der Waals surface area contributed by atoms with E-state index in [4.69, 9.17) is 0 Å². The Morgan fingerprint density at radius 3 is 1.47 bits per heavy atom. The first-order valence-electron chi connectivity index (χ1n) is 9.38. The van der Waals surface area contributed by atoms with Crippen molar-refractivity contribution in [1.29, 1.82) is 0 Å². The molecule has 2 amide bonds. The van der Waals surface area contributed by atoms with Gasteiger partial charge in [0.2, 0.25) is 0 Å². The molecule has 10 heteroatoms. The molecule has 3 rings (SSSR count). The minimum absolute atomic E-state index is 0.154. The number of amides is 2. The molecule has 3 aromatic carbocycles. The molecule has 3 aromatic rings. The number of nitro groups is 2. The molecule has 32 heavy (non-hydrogen) atoms. The summed E-state index contributed by atoms with van der Waals surface area (Å²) in [5.41, 5.74) is 1.76. The van der Waals surface area contributed by atoms with Gasteiger partial charge in [0.1, 0.15) is 0 Å². The van der Waals surface area contributed by atoms with E-state index in [1.54, 1.807) is 32.0 Å². The van der Waals surface area contributed by atoms with E-state index in [1.807, 2.05) is 0 Å². The summed E-state index contributed by atoms with van der Waals surface area (Å²) in [7, 11) is 0. The van der Waals surface area contributed by atoms with Crippen molar-refractivity contribution in [2.24, 2.45) is 0 Å². The van der Waals surface area contributed by atoms with Crippen LogP contribution in [-0.2, 0) is 0 Å². The van der Waals surface area contributed by atoms with Gasteiger partial charge in [0.05, 0.1) is 9.85 Å². The van der Waals surface area contributed by atoms with Crippen LogP contribution in [0.15, 0.2) is 60.7 Å². The van der Waals surface area contributed by atoms with Crippen LogP contribution in [0.5, 0.6) is 0 Å². The highest BCUT2D eigenvalue weighted by atomic mass is 16.6. The highest BCUT2D eigenvalue weighted by molar-refractivity contribution is 6.07. The molecule has 0 saturated heterocycles. The fourth-order valence-electron chi connectivity index (χ4n) is 3.01. The van der Waals surface area contributed by atoms with Crippen LogP contribution < -0.4 is 10.6 Å². The summed E-state index contributed by atoms with van der Waals surface area (Å²) in [4.78, 5) is 46.1. The molecule has 0 saturated carbocycles. The number of hydrogen-bond acceptors (Lipinski definition) is 6. The van der Waals surface area contributed by atoms with Crippen molar-refractivity contribution in [3.63, 3.8) is 0 Å². The summed E-state index contributed by atoms with van der Waals surface area (Å²) in [5.74, 6) is -1.08. The van der Waals surface area contributed by atoms with Crippen LogP contribution in [0, 0.1) is 34.1 Å². The molecule has 0 atom stereocenters. The summed E-state index contributed by atoms with van der Waals surface area (Å²) >= 11 is 0. The zero-order valence-electron chi connectivity index (χ0n) is 17.1. The van der Waals surface area contributed by atoms with E-state index in [9.17, 15) is 29.8 Å². The van der Waals surface area contributed by atoms with Crippen molar-refractivity contribution in [2.75, 3.05) is 10.6 Å². The minimum Gasteiger partial charge on any atom is -0.322 e. The summed E-state index contributed by atoms with van der Waals surface area (Å²) in [6.45, 7) is 3.33. The molecule has 0 unspecified atom stereocenters. The van der Waals surface area contributed by atoms with Gasteiger partial charge in [-0.05, 0) is 43.2 Å². The van der Waals surface area contributed by atoms with Crippen LogP contribution in [0.4, 0.5) is 22.7 Å². The Hall–Kier alpha value is -4.60. The van der Waals surface area contributed by atoms with Crippen LogP contribution in [0.2, 0.25) is 0 Å². The number of benzene rings is 3. The molecular formula is C22H18N4O6. The van der Waals surface area contributed by atoms with Gasteiger partial charge in [-0.3, -0.25) is 29.8 Å². The van der Waals surface area contributed by atoms with Gasteiger partial charge in [-0.2, -0.15) is 0 Å². The highest BCUT2D eigenvalue weighted by Crippen LogP contribution is 2.22. The first kappa shape index (κ1) is 22.1. The van der Waals surface area contributed by atoms with Gasteiger partial charge in [0.25, 0.3) is 23.2 Å². The number of nitrogens with one attached hydrogen (secondary N) is 2. The first-order chi connectivity index (χ1) is 15.2. The molecule has 0 aliphatic carbocycles. The van der Waals surface area contributed by atoms with Crippen molar-refractivity contribution in [3.05, 3.63) is 103 Å². The zero-order chi connectivity index (χ0) is 23.4. The van der Waals surface area contributed by atoms with Gasteiger partial charge in [-0.15, -0.1) is 0 Å². The summed E-state index contributed by atoms with van der Waals surface area (Å²) in [5, 5.41) is 27.3. The average molecular weight is 434 g/mol. The molecule has 0 heterocycles. The molecule has 0 aliphatic heterocycles. The Labute approximate surface area is 182 Å². The fourth-order valence-corrected chi connectivity index (χ4v) is 3.01. The van der Waals surface area contributed by atoms with E-state index >= 15 is 0 Å². The van der Waals surface area contributed by atoms with E-state index < -0.39 is 21.7 Å². The van der Waals surface area contributed by atoms with E-state index in [0.29, 0.717) is 22.5 Å². The number of nitrogens with zero attached hydrogens (tertiary/aromatic N) is 2. The Bertz CT molecular complexity index is 1160. The van der Waals surface area contributed by atoms with E-state index in [0.717, 1.165) is 0 Å². The van der Waals surface area contributed by atoms with Gasteiger partial charge in [0, 0.05) is 46.8 Å². The lowest BCUT2D eigenvalue weighted by Gasteiger charge is -2.11. The largest absolute Gasteiger partial charge is 0.322 e. The number of aryl methyl sites for hydroxylation is 2. The number of carbonyl (C=O) groups excluding carboxylic acids is 2. The van der Waals surface area contributed by atoms with Crippen molar-refractivity contribution < 1.29 is 19.4 Å². The quantitative estimate of drug-likeness (QED) is 0.428. The van der Waals surface area contributed by atoms with Gasteiger partial charge in [-0.25, -0.2) is 0 Å². The predicted octanol–water partition coefficient (Wildman–Crippen LogP) is 4.62. The predicted molar refractivity (Wildman–Crippen MR) is 118 cm³/mol. The number of hydrogen-bond donors (Lipinski definition) is 2. The monoisotopic (exact) mass is 434 g/mol. The normalized spacial score (nSPS) is 10.3. The molecular weight excluding hydrogens is 416 g/mol. The summed E-state index contributed by atoms with van der Waals surface area (Å²) in [6.07, 6.45) is 0. The molecule has 0 spiro atoms. The van der Waals surface area contributed by atoms with Gasteiger partial charge in [0.15, 0.2) is 0 Å². The topological polar surface area (TPSA) is 144 Å². The Morgan fingerprint density at radius 2 is 1.09 bits per heavy atom. The maximum Gasteiger partial charge on any atom is 0.270 e. The maximum absolute atomic E-state index is 12.6. The van der Waals surface area contributed by atoms with Crippen molar-refractivity contribution in [1.82, 2.24) is 0 Å². The van der Waals surface area contributed by atoms with E-state index in [-0.39, 0.29) is 22.5 Å². The third-order valence-electron chi connectivity index (χ3n) is 4.73. The third-order valence-corrected chi connectivity index (χ3v) is 4.73. The van der Waals surface area contributed by atoms with Gasteiger partial charge < -0.3 is 10.6 Å². The average Bonchev–Trinajstić information content (AvgIpc) is 2.74. The number of anilines is 2. The number of rotatable bonds is 6. The summed E-state index contributed by atoms with van der Waals surface area (Å²) in [6, 6.07) is 14.3. The second kappa shape index (κ2) is 9.04. The van der Waals surface area contributed by atoms with Gasteiger partial charge in [-0.1, -0.05) is 18.2 Å². The number of non-ortho nitro benzene ring substituents is 2. The van der Waals surface area contributed by atoms with Crippen molar-refractivity contribution >= 4 is 34.6 Å². The number of nitro benzene ring substituents is 2. The lowest BCUT2D eigenvalue weighted by molar-refractivity contribution is -0.385. The standard InChI is InChI=1S/C22H18N4O6/c1-13-6-8-17(25(29)30)11-19(13)21(27)23-15-4-3-5-16(10-15)24-22(28)20-12-18(26(31)32)9-7-14(20)2/h3-12H,1-2H3,(H,23,27)(H,24,28). The zero-order valence-corrected chi connectivity index (χ0v) is 17.1. The molecule has 162 valence electrons. The SMILES string of the molecule is Cc1ccc([N+](=O)[O-])cc1C(=O)Nc1cccc(NC(=O)c2cc([N+](=O)[O-])ccc2C)c1. The molecule has 0 aliphatic rings. The molecule has 10 nitrogen and oxygen atoms in total. The summed E-state index contributed by atoms with van der Waals surface area (Å²) < 4.78 is 0. The fraction of sp³-hybridized carbons (Fsp3) is 0.0909. The second-order valence-electron chi connectivity index (χ2n) is 7.00. The number of carbonyl (C=O) groups is 2. The Kier molecular flexibility index (Phi) is 6.24. The van der Waals surface area contributed by atoms with Gasteiger partial charge >= 0.3 is 0 Å². The van der Waals surface area contributed by atoms with E-state index in [2.05, 4.69) is 10.6 Å². The molecule has 2 N–H and O–H groups in total. The molecule has 0 aromatic heterocycles. The Balaban J connectivity index is 1.79. The highest BCUT2D eigenvalue weighted by Gasteiger charge is 2.17. The lowest BCUT2D eigenvalue weighted by atomic mass is 10.1. The smallest absolute Gasteiger partial charge is 0.270 e. The Morgan fingerprint density at radius 1 is 0.688 bits per heavy atom. The first-order valence-corrected chi connectivity index (χ1v) is 9.38. The molecule has 0 fully saturated rings. The van der Waals surface area contributed by atoms with Crippen LogP contribution >= 0.6 is 0 Å². The van der Waals surface area contributed by atoms with Crippen LogP contribution in [0.3, 0.4) is 0 Å². The van der Waals surface area contributed by atoms with Crippen LogP contribution in [-0.4, -0.2) is 21.7 Å². The minimum atomic E-state index is -0.581. The molecule has 0 radical (unpaired) electrons. The van der Waals surface area contributed by atoms with Crippen molar-refractivity contribution in [2.45, 2.75) is 13.8 Å². The van der Waals surface area contributed by atoms with Crippen LogP contribution in [0.1, 0.15) is 31.8 Å². The second-order valence-corrected chi connectivity index (χ2v) is 7.00. The van der Waals surface area contributed by atoms with Crippen LogP contribution in [0.25, 0.3) is 0 Å². The third kappa shape index (κ3) is 4.93. The maximum atomic E-state index is 12.6.